The molecule has 0 heterocycles. The topological polar surface area (TPSA) is 54.4 Å². The van der Waals surface area contributed by atoms with Crippen molar-refractivity contribution in [1.29, 1.82) is 0 Å². The molecule has 3 nitrogen and oxygen atoms in total. The molecule has 2 rings (SSSR count). The molecule has 0 saturated carbocycles. The van der Waals surface area contributed by atoms with E-state index in [1.54, 1.807) is 30.3 Å². The van der Waals surface area contributed by atoms with Crippen LogP contribution < -0.4 is 29.6 Å². The van der Waals surface area contributed by atoms with Crippen molar-refractivity contribution in [1.82, 2.24) is 0 Å². The third kappa shape index (κ3) is 19.4. The standard InChI is InChI=1S/C19H39.C10H8O3S.2Na/c1-3-5-7-9-11-13-15-17-19-18-16-14-12-10-8-6-4-2;11-14(12,13)10-7-3-5-8-4-1-2-6-9(8)10;;/h1,3-19H2,2H3;1-7H,(H,11,12,13);;/q-1;;;+1. The van der Waals surface area contributed by atoms with Crippen LogP contribution in [0, 0.1) is 6.92 Å². The van der Waals surface area contributed by atoms with Crippen LogP contribution >= 0.6 is 0 Å². The van der Waals surface area contributed by atoms with E-state index in [1.165, 1.54) is 109 Å². The van der Waals surface area contributed by atoms with E-state index in [2.05, 4.69) is 13.8 Å². The van der Waals surface area contributed by atoms with Crippen molar-refractivity contribution in [3.8, 4) is 0 Å². The molecule has 0 bridgehead atoms. The van der Waals surface area contributed by atoms with Crippen molar-refractivity contribution >= 4 is 50.4 Å². The summed E-state index contributed by atoms with van der Waals surface area (Å²) >= 11 is 0. The predicted octanol–water partition coefficient (Wildman–Crippen LogP) is 6.18. The number of hydrogen-bond acceptors (Lipinski definition) is 2. The molecule has 0 aliphatic carbocycles. The minimum atomic E-state index is -4.13. The van der Waals surface area contributed by atoms with Crippen molar-refractivity contribution < 1.29 is 42.5 Å². The Morgan fingerprint density at radius 3 is 1.49 bits per heavy atom. The zero-order valence-electron chi connectivity index (χ0n) is 22.9. The second kappa shape index (κ2) is 24.9. The van der Waals surface area contributed by atoms with Crippen LogP contribution in [0.1, 0.15) is 116 Å². The second-order valence-electron chi connectivity index (χ2n) is 9.11. The maximum Gasteiger partial charge on any atom is 1.00 e. The van der Waals surface area contributed by atoms with Gasteiger partial charge in [0.15, 0.2) is 0 Å². The van der Waals surface area contributed by atoms with Gasteiger partial charge < -0.3 is 6.92 Å². The quantitative estimate of drug-likeness (QED) is 0.117. The maximum atomic E-state index is 11.0. The van der Waals surface area contributed by atoms with E-state index in [9.17, 15) is 8.42 Å². The number of fused-ring (bicyclic) bond motifs is 1. The summed E-state index contributed by atoms with van der Waals surface area (Å²) in [6.45, 7) is 6.18. The van der Waals surface area contributed by atoms with Crippen molar-refractivity contribution in [2.24, 2.45) is 0 Å². The van der Waals surface area contributed by atoms with Crippen LogP contribution in [0.3, 0.4) is 0 Å². The van der Waals surface area contributed by atoms with Crippen LogP contribution in [0.5, 0.6) is 0 Å². The summed E-state index contributed by atoms with van der Waals surface area (Å²) in [6, 6.07) is 11.8. The molecular weight excluding hydrogens is 474 g/mol. The van der Waals surface area contributed by atoms with Crippen molar-refractivity contribution in [3.63, 3.8) is 0 Å². The first kappa shape index (κ1) is 37.8. The summed E-state index contributed by atoms with van der Waals surface area (Å²) in [5, 5.41) is 1.33. The molecule has 0 aliphatic heterocycles. The van der Waals surface area contributed by atoms with Crippen LogP contribution in [0.15, 0.2) is 47.4 Å². The van der Waals surface area contributed by atoms with E-state index >= 15 is 0 Å². The first-order chi connectivity index (χ1) is 16.0. The molecule has 1 radical (unpaired) electrons. The van der Waals surface area contributed by atoms with Crippen LogP contribution in [0.2, 0.25) is 0 Å². The van der Waals surface area contributed by atoms with E-state index in [1.807, 2.05) is 6.07 Å². The van der Waals surface area contributed by atoms with Crippen molar-refractivity contribution in [3.05, 3.63) is 49.4 Å². The Labute approximate surface area is 261 Å². The first-order valence-electron chi connectivity index (χ1n) is 13.2. The van der Waals surface area contributed by atoms with Gasteiger partial charge in [-0.25, -0.2) is 0 Å². The van der Waals surface area contributed by atoms with Gasteiger partial charge in [0.2, 0.25) is 0 Å². The average molecular weight is 522 g/mol. The molecule has 1 N–H and O–H groups in total. The smallest absolute Gasteiger partial charge is 0.343 e. The SMILES string of the molecule is O=S(=O)(O)c1cccc2ccccc12.[CH2-]CCCCCCCCCCCCCCCCCC.[Na+].[Na]. The molecule has 0 spiro atoms. The van der Waals surface area contributed by atoms with Gasteiger partial charge in [0.25, 0.3) is 10.1 Å². The van der Waals surface area contributed by atoms with Gasteiger partial charge in [-0.1, -0.05) is 146 Å². The van der Waals surface area contributed by atoms with E-state index < -0.39 is 10.1 Å². The Morgan fingerprint density at radius 1 is 0.657 bits per heavy atom. The summed E-state index contributed by atoms with van der Waals surface area (Å²) in [5.74, 6) is 0. The Morgan fingerprint density at radius 2 is 1.06 bits per heavy atom. The van der Waals surface area contributed by atoms with Crippen LogP contribution in [0.4, 0.5) is 0 Å². The molecule has 0 amide bonds. The molecule has 0 saturated heterocycles. The Bertz CT molecular complexity index is 819. The number of benzene rings is 2. The van der Waals surface area contributed by atoms with Gasteiger partial charge in [-0.2, -0.15) is 14.8 Å². The zero-order chi connectivity index (χ0) is 24.2. The average Bonchev–Trinajstić information content (AvgIpc) is 2.81. The normalized spacial score (nSPS) is 10.7. The van der Waals surface area contributed by atoms with E-state index in [0.717, 1.165) is 11.8 Å². The molecule has 189 valence electrons. The fraction of sp³-hybridized carbons (Fsp3) is 0.621. The van der Waals surface area contributed by atoms with Crippen LogP contribution in [0.25, 0.3) is 10.8 Å². The number of rotatable bonds is 17. The monoisotopic (exact) mass is 521 g/mol. The minimum absolute atomic E-state index is 0. The second-order valence-corrected chi connectivity index (χ2v) is 10.5. The minimum Gasteiger partial charge on any atom is -0.343 e. The molecule has 0 unspecified atom stereocenters. The van der Waals surface area contributed by atoms with Crippen molar-refractivity contribution in [2.45, 2.75) is 121 Å². The van der Waals surface area contributed by atoms with Crippen LogP contribution in [-0.2, 0) is 10.1 Å². The number of unbranched alkanes of at least 4 members (excludes halogenated alkanes) is 16. The zero-order valence-corrected chi connectivity index (χ0v) is 27.8. The van der Waals surface area contributed by atoms with Gasteiger partial charge in [0.05, 0.1) is 0 Å². The van der Waals surface area contributed by atoms with Gasteiger partial charge in [-0.05, 0) is 11.5 Å². The maximum absolute atomic E-state index is 11.0. The molecule has 2 aromatic rings. The molecule has 0 atom stereocenters. The molecule has 0 aromatic heterocycles. The van der Waals surface area contributed by atoms with E-state index in [4.69, 9.17) is 4.55 Å². The summed E-state index contributed by atoms with van der Waals surface area (Å²) in [5.41, 5.74) is 0. The van der Waals surface area contributed by atoms with Crippen molar-refractivity contribution in [2.75, 3.05) is 0 Å². The summed E-state index contributed by atoms with van der Waals surface area (Å²) in [6.07, 6.45) is 24.3. The predicted molar refractivity (Wildman–Crippen MR) is 149 cm³/mol. The van der Waals surface area contributed by atoms with Gasteiger partial charge in [0.1, 0.15) is 4.90 Å². The molecule has 2 aromatic carbocycles. The fourth-order valence-corrected chi connectivity index (χ4v) is 4.86. The summed E-state index contributed by atoms with van der Waals surface area (Å²) in [7, 11) is -4.13. The molecule has 0 aliphatic rings. The first-order valence-corrected chi connectivity index (χ1v) is 14.7. The van der Waals surface area contributed by atoms with E-state index in [0.29, 0.717) is 5.39 Å². The van der Waals surface area contributed by atoms with Gasteiger partial charge in [-0.3, -0.25) is 4.55 Å². The van der Waals surface area contributed by atoms with Crippen LogP contribution in [-0.4, -0.2) is 42.5 Å². The third-order valence-electron chi connectivity index (χ3n) is 6.13. The molecule has 35 heavy (non-hydrogen) atoms. The number of hydrogen-bond donors (Lipinski definition) is 1. The molecule has 0 fully saturated rings. The molecule has 6 heteroatoms. The molecular formula is C29H47Na2O3S. The van der Waals surface area contributed by atoms with Gasteiger partial charge >= 0.3 is 29.6 Å². The fourth-order valence-electron chi connectivity index (χ4n) is 4.15. The summed E-state index contributed by atoms with van der Waals surface area (Å²) < 4.78 is 31.0. The Kier molecular flexibility index (Phi) is 26.9. The van der Waals surface area contributed by atoms with E-state index in [-0.39, 0.29) is 64.0 Å². The third-order valence-corrected chi connectivity index (χ3v) is 7.04. The van der Waals surface area contributed by atoms with Gasteiger partial charge in [0, 0.05) is 34.9 Å². The largest absolute Gasteiger partial charge is 1.00 e. The Balaban J connectivity index is 0. The Hall–Kier alpha value is 0.610. The summed E-state index contributed by atoms with van der Waals surface area (Å²) in [4.78, 5) is -0.0457. The van der Waals surface area contributed by atoms with Gasteiger partial charge in [-0.15, -0.1) is 0 Å².